The zero-order valence-corrected chi connectivity index (χ0v) is 14.7. The normalized spacial score (nSPS) is 13.5. The van der Waals surface area contributed by atoms with Crippen molar-refractivity contribution in [2.45, 2.75) is 33.0 Å². The highest BCUT2D eigenvalue weighted by molar-refractivity contribution is 5.79. The largest absolute Gasteiger partial charge is 0.467 e. The molecule has 0 saturated carbocycles. The second kappa shape index (κ2) is 7.97. The van der Waals surface area contributed by atoms with Gasteiger partial charge in [0.05, 0.1) is 17.7 Å². The van der Waals surface area contributed by atoms with Gasteiger partial charge in [-0.25, -0.2) is 0 Å². The molecule has 2 aromatic carbocycles. The molecule has 2 aromatic rings. The number of oxime groups is 1. The van der Waals surface area contributed by atoms with Gasteiger partial charge in [0.25, 0.3) is 5.69 Å². The predicted molar refractivity (Wildman–Crippen MR) is 96.3 cm³/mol. The van der Waals surface area contributed by atoms with Crippen LogP contribution in [0, 0.1) is 10.1 Å². The van der Waals surface area contributed by atoms with Gasteiger partial charge in [0, 0.05) is 23.3 Å². The van der Waals surface area contributed by atoms with Crippen molar-refractivity contribution >= 4 is 11.9 Å². The molecule has 26 heavy (non-hydrogen) atoms. The third-order valence-corrected chi connectivity index (χ3v) is 4.08. The minimum Gasteiger partial charge on any atom is -0.467 e. The van der Waals surface area contributed by atoms with Gasteiger partial charge in [0.2, 0.25) is 0 Å². The van der Waals surface area contributed by atoms with Gasteiger partial charge >= 0.3 is 0 Å². The molecule has 0 spiro atoms. The van der Waals surface area contributed by atoms with E-state index in [1.165, 1.54) is 17.7 Å². The summed E-state index contributed by atoms with van der Waals surface area (Å²) in [7, 11) is 0. The van der Waals surface area contributed by atoms with E-state index in [0.29, 0.717) is 22.8 Å². The molecule has 1 heterocycles. The van der Waals surface area contributed by atoms with Crippen LogP contribution in [0.15, 0.2) is 41.6 Å². The number of nitro benzene ring substituents is 1. The Morgan fingerprint density at radius 1 is 1.31 bits per heavy atom. The second-order valence-corrected chi connectivity index (χ2v) is 6.29. The van der Waals surface area contributed by atoms with Crippen molar-refractivity contribution in [2.24, 2.45) is 5.16 Å². The summed E-state index contributed by atoms with van der Waals surface area (Å²) in [5.41, 5.74) is 3.36. The Morgan fingerprint density at radius 2 is 2.08 bits per heavy atom. The molecule has 0 unspecified atom stereocenters. The van der Waals surface area contributed by atoms with E-state index in [2.05, 4.69) is 31.1 Å². The summed E-state index contributed by atoms with van der Waals surface area (Å²) in [6, 6.07) is 10.9. The van der Waals surface area contributed by atoms with Crippen molar-refractivity contribution in [1.29, 1.82) is 0 Å². The first-order valence-corrected chi connectivity index (χ1v) is 8.30. The van der Waals surface area contributed by atoms with Crippen LogP contribution >= 0.6 is 0 Å². The molecule has 7 nitrogen and oxygen atoms in total. The molecule has 0 saturated heterocycles. The maximum Gasteiger partial charge on any atom is 0.270 e. The smallest absolute Gasteiger partial charge is 0.270 e. The van der Waals surface area contributed by atoms with Crippen LogP contribution < -0.4 is 4.74 Å². The summed E-state index contributed by atoms with van der Waals surface area (Å²) in [6.45, 7) is 4.74. The summed E-state index contributed by atoms with van der Waals surface area (Å²) in [5.74, 6) is 1.04. The number of nitrogens with zero attached hydrogens (tertiary/aromatic N) is 2. The lowest BCUT2D eigenvalue weighted by Crippen LogP contribution is -2.13. The Morgan fingerprint density at radius 3 is 2.77 bits per heavy atom. The maximum atomic E-state index is 11.1. The Bertz CT molecular complexity index is 815. The molecule has 0 fully saturated rings. The molecule has 3 rings (SSSR count). The van der Waals surface area contributed by atoms with E-state index >= 15 is 0 Å². The fraction of sp³-hybridized carbons (Fsp3) is 0.316. The van der Waals surface area contributed by atoms with Crippen molar-refractivity contribution < 1.29 is 19.2 Å². The topological polar surface area (TPSA) is 83.2 Å². The molecular weight excluding hydrogens is 336 g/mol. The molecule has 0 aromatic heterocycles. The molecule has 0 aliphatic carbocycles. The van der Waals surface area contributed by atoms with E-state index in [4.69, 9.17) is 14.3 Å². The zero-order chi connectivity index (χ0) is 18.5. The summed E-state index contributed by atoms with van der Waals surface area (Å²) >= 11 is 0. The van der Waals surface area contributed by atoms with Gasteiger partial charge in [-0.2, -0.15) is 0 Å². The van der Waals surface area contributed by atoms with Crippen LogP contribution in [0.4, 0.5) is 5.69 Å². The lowest BCUT2D eigenvalue weighted by molar-refractivity contribution is -0.385. The van der Waals surface area contributed by atoms with Crippen LogP contribution in [0.1, 0.15) is 42.0 Å². The van der Waals surface area contributed by atoms with Gasteiger partial charge in [-0.3, -0.25) is 10.1 Å². The van der Waals surface area contributed by atoms with Crippen molar-refractivity contribution in [3.63, 3.8) is 0 Å². The molecule has 0 amide bonds. The summed E-state index contributed by atoms with van der Waals surface area (Å²) in [6.07, 6.45) is 1.61. The third kappa shape index (κ3) is 4.18. The Balaban J connectivity index is 1.69. The molecule has 0 N–H and O–H groups in total. The van der Waals surface area contributed by atoms with E-state index in [0.717, 1.165) is 5.56 Å². The van der Waals surface area contributed by atoms with Gasteiger partial charge in [-0.15, -0.1) is 0 Å². The highest BCUT2D eigenvalue weighted by Gasteiger charge is 2.21. The van der Waals surface area contributed by atoms with Gasteiger partial charge in [0.1, 0.15) is 12.4 Å². The molecule has 0 atom stereocenters. The monoisotopic (exact) mass is 356 g/mol. The van der Waals surface area contributed by atoms with Crippen LogP contribution in [-0.2, 0) is 22.8 Å². The summed E-state index contributed by atoms with van der Waals surface area (Å²) < 4.78 is 10.6. The minimum absolute atomic E-state index is 0.0234. The van der Waals surface area contributed by atoms with Gasteiger partial charge in [-0.1, -0.05) is 43.3 Å². The first-order chi connectivity index (χ1) is 12.5. The average Bonchev–Trinajstić information content (AvgIpc) is 2.65. The molecule has 0 bridgehead atoms. The molecular formula is C19H20N2O5. The average molecular weight is 356 g/mol. The zero-order valence-electron chi connectivity index (χ0n) is 14.7. The van der Waals surface area contributed by atoms with E-state index in [1.54, 1.807) is 6.21 Å². The number of hydrogen-bond acceptors (Lipinski definition) is 6. The lowest BCUT2D eigenvalue weighted by atomic mass is 10.0. The first-order valence-electron chi connectivity index (χ1n) is 8.30. The number of hydrogen-bond donors (Lipinski definition) is 0. The van der Waals surface area contributed by atoms with Crippen LogP contribution in [0.3, 0.4) is 0 Å². The summed E-state index contributed by atoms with van der Waals surface area (Å²) in [4.78, 5) is 16.0. The fourth-order valence-electron chi connectivity index (χ4n) is 2.67. The molecule has 0 radical (unpaired) electrons. The van der Waals surface area contributed by atoms with E-state index < -0.39 is 4.92 Å². The number of nitro groups is 1. The molecule has 1 aliphatic rings. The maximum absolute atomic E-state index is 11.1. The first kappa shape index (κ1) is 17.9. The van der Waals surface area contributed by atoms with E-state index in [9.17, 15) is 10.1 Å². The minimum atomic E-state index is -0.446. The van der Waals surface area contributed by atoms with Crippen molar-refractivity contribution in [3.05, 3.63) is 68.8 Å². The lowest BCUT2D eigenvalue weighted by Gasteiger charge is -2.20. The number of fused-ring (bicyclic) bond motifs is 1. The number of non-ortho nitro benzene ring substituents is 1. The molecule has 136 valence electrons. The molecule has 7 heteroatoms. The van der Waals surface area contributed by atoms with Crippen molar-refractivity contribution in [3.8, 4) is 5.75 Å². The van der Waals surface area contributed by atoms with E-state index in [-0.39, 0.29) is 25.7 Å². The van der Waals surface area contributed by atoms with Gasteiger partial charge < -0.3 is 14.3 Å². The van der Waals surface area contributed by atoms with Crippen LogP contribution in [0.25, 0.3) is 0 Å². The van der Waals surface area contributed by atoms with Crippen LogP contribution in [-0.4, -0.2) is 17.9 Å². The SMILES string of the molecule is CC(C)c1ccc(/C=N/OCc2cc([N+](=O)[O-])cc3c2OCOC3)cc1. The molecule has 1 aliphatic heterocycles. The third-order valence-electron chi connectivity index (χ3n) is 4.08. The number of ether oxygens (including phenoxy) is 2. The van der Waals surface area contributed by atoms with Gasteiger partial charge in [-0.05, 0) is 17.0 Å². The number of rotatable bonds is 6. The van der Waals surface area contributed by atoms with Crippen molar-refractivity contribution in [2.75, 3.05) is 6.79 Å². The van der Waals surface area contributed by atoms with Crippen LogP contribution in [0.5, 0.6) is 5.75 Å². The van der Waals surface area contributed by atoms with Gasteiger partial charge in [0.15, 0.2) is 6.79 Å². The Hall–Kier alpha value is -2.93. The Labute approximate surface area is 151 Å². The predicted octanol–water partition coefficient (Wildman–Crippen LogP) is 4.14. The standard InChI is InChI=1S/C19H20N2O5/c1-13(2)15-5-3-14(4-6-15)9-20-26-11-17-8-18(21(22)23)7-16-10-24-12-25-19(16)17/h3-9,13H,10-12H2,1-2H3/b20-9+. The van der Waals surface area contributed by atoms with Crippen LogP contribution in [0.2, 0.25) is 0 Å². The quantitative estimate of drug-likeness (QED) is 0.441. The number of benzene rings is 2. The summed E-state index contributed by atoms with van der Waals surface area (Å²) in [5, 5.41) is 15.0. The van der Waals surface area contributed by atoms with Crippen molar-refractivity contribution in [1.82, 2.24) is 0 Å². The van der Waals surface area contributed by atoms with E-state index in [1.807, 2.05) is 12.1 Å². The Kier molecular flexibility index (Phi) is 5.48. The highest BCUT2D eigenvalue weighted by Crippen LogP contribution is 2.33. The highest BCUT2D eigenvalue weighted by atomic mass is 16.7. The second-order valence-electron chi connectivity index (χ2n) is 6.29. The fourth-order valence-corrected chi connectivity index (χ4v) is 2.67.